The minimum Gasteiger partial charge on any atom is -0.469 e. The number of nitrogens with one attached hydrogen (secondary N) is 1. The maximum absolute atomic E-state index is 11.7. The highest BCUT2D eigenvalue weighted by Crippen LogP contribution is 2.35. The van der Waals surface area contributed by atoms with Crippen LogP contribution in [-0.4, -0.2) is 41.1 Å². The molecule has 1 fully saturated rings. The number of carbonyl (C=O) groups excluding carboxylic acids is 1. The van der Waals surface area contributed by atoms with E-state index in [0.29, 0.717) is 31.6 Å². The van der Waals surface area contributed by atoms with E-state index in [4.69, 9.17) is 4.74 Å². The van der Waals surface area contributed by atoms with Gasteiger partial charge in [0.2, 0.25) is 11.6 Å². The summed E-state index contributed by atoms with van der Waals surface area (Å²) < 4.78 is 5.68. The maximum Gasteiger partial charge on any atom is 0.353 e. The van der Waals surface area contributed by atoms with Crippen molar-refractivity contribution in [3.8, 4) is 0 Å². The summed E-state index contributed by atoms with van der Waals surface area (Å²) in [6, 6.07) is 7.23. The standard InChI is InChI=1S/C17H18BrN5O4/c1-27-17(24)11-6-8-22(9-7-11)16-14(23(25)26)15(19-10-20-16)21-13-4-2-12(18)3-5-13/h2-5,10-11H,6-9H2,1H3,(H,19,20,21). The van der Waals surface area contributed by atoms with Crippen molar-refractivity contribution in [1.29, 1.82) is 0 Å². The molecule has 3 rings (SSSR count). The number of anilines is 3. The Balaban J connectivity index is 1.85. The van der Waals surface area contributed by atoms with Crippen molar-refractivity contribution in [1.82, 2.24) is 9.97 Å². The van der Waals surface area contributed by atoms with Gasteiger partial charge in [0.05, 0.1) is 18.0 Å². The van der Waals surface area contributed by atoms with Crippen LogP contribution in [0.15, 0.2) is 35.1 Å². The Morgan fingerprint density at radius 2 is 1.96 bits per heavy atom. The molecule has 10 heteroatoms. The molecule has 1 N–H and O–H groups in total. The van der Waals surface area contributed by atoms with Crippen LogP contribution in [0.2, 0.25) is 0 Å². The first kappa shape index (κ1) is 19.0. The molecule has 27 heavy (non-hydrogen) atoms. The summed E-state index contributed by atoms with van der Waals surface area (Å²) in [6.07, 6.45) is 2.42. The molecule has 1 aliphatic rings. The van der Waals surface area contributed by atoms with Crippen molar-refractivity contribution in [3.63, 3.8) is 0 Å². The van der Waals surface area contributed by atoms with Gasteiger partial charge in [-0.05, 0) is 37.1 Å². The number of ether oxygens (including phenoxy) is 1. The zero-order chi connectivity index (χ0) is 19.4. The Kier molecular flexibility index (Phi) is 5.84. The number of nitrogens with zero attached hydrogens (tertiary/aromatic N) is 4. The molecule has 9 nitrogen and oxygen atoms in total. The van der Waals surface area contributed by atoms with Gasteiger partial charge in [0, 0.05) is 23.2 Å². The van der Waals surface area contributed by atoms with E-state index in [-0.39, 0.29) is 29.2 Å². The van der Waals surface area contributed by atoms with Crippen LogP contribution in [0.1, 0.15) is 12.8 Å². The van der Waals surface area contributed by atoms with E-state index < -0.39 is 4.92 Å². The van der Waals surface area contributed by atoms with E-state index in [0.717, 1.165) is 4.47 Å². The van der Waals surface area contributed by atoms with Crippen molar-refractivity contribution < 1.29 is 14.5 Å². The predicted octanol–water partition coefficient (Wildman–Crippen LogP) is 3.28. The van der Waals surface area contributed by atoms with E-state index in [2.05, 4.69) is 31.2 Å². The first-order valence-electron chi connectivity index (χ1n) is 8.34. The highest BCUT2D eigenvalue weighted by molar-refractivity contribution is 9.10. The third-order valence-corrected chi connectivity index (χ3v) is 4.95. The fraction of sp³-hybridized carbons (Fsp3) is 0.353. The summed E-state index contributed by atoms with van der Waals surface area (Å²) in [5, 5.41) is 14.7. The average molecular weight is 436 g/mol. The zero-order valence-corrected chi connectivity index (χ0v) is 16.2. The number of hydrogen-bond donors (Lipinski definition) is 1. The van der Waals surface area contributed by atoms with Crippen molar-refractivity contribution >= 4 is 44.9 Å². The summed E-state index contributed by atoms with van der Waals surface area (Å²) >= 11 is 3.35. The van der Waals surface area contributed by atoms with Crippen molar-refractivity contribution in [3.05, 3.63) is 45.2 Å². The molecular formula is C17H18BrN5O4. The summed E-state index contributed by atoms with van der Waals surface area (Å²) in [5.41, 5.74) is 0.493. The molecule has 0 radical (unpaired) electrons. The van der Waals surface area contributed by atoms with Gasteiger partial charge in [0.1, 0.15) is 6.33 Å². The van der Waals surface area contributed by atoms with Gasteiger partial charge in [-0.1, -0.05) is 15.9 Å². The van der Waals surface area contributed by atoms with Crippen LogP contribution in [0, 0.1) is 16.0 Å². The highest BCUT2D eigenvalue weighted by atomic mass is 79.9. The normalized spacial score (nSPS) is 14.7. The van der Waals surface area contributed by atoms with Crippen LogP contribution < -0.4 is 10.2 Å². The minimum absolute atomic E-state index is 0.127. The number of halogens is 1. The maximum atomic E-state index is 11.7. The molecule has 0 spiro atoms. The third kappa shape index (κ3) is 4.33. The van der Waals surface area contributed by atoms with Gasteiger partial charge in [-0.25, -0.2) is 9.97 Å². The van der Waals surface area contributed by atoms with Gasteiger partial charge in [0.25, 0.3) is 0 Å². The lowest BCUT2D eigenvalue weighted by Gasteiger charge is -2.31. The number of benzene rings is 1. The number of esters is 1. The highest BCUT2D eigenvalue weighted by Gasteiger charge is 2.32. The van der Waals surface area contributed by atoms with E-state index in [9.17, 15) is 14.9 Å². The van der Waals surface area contributed by atoms with Gasteiger partial charge < -0.3 is 15.0 Å². The van der Waals surface area contributed by atoms with Crippen LogP contribution in [0.25, 0.3) is 0 Å². The number of piperidine rings is 1. The third-order valence-electron chi connectivity index (χ3n) is 4.42. The molecule has 2 aromatic rings. The number of nitro groups is 1. The van der Waals surface area contributed by atoms with Gasteiger partial charge in [-0.15, -0.1) is 0 Å². The Labute approximate surface area is 164 Å². The first-order valence-corrected chi connectivity index (χ1v) is 9.13. The summed E-state index contributed by atoms with van der Waals surface area (Å²) in [7, 11) is 1.37. The Morgan fingerprint density at radius 3 is 2.56 bits per heavy atom. The van der Waals surface area contributed by atoms with E-state index in [1.54, 1.807) is 12.1 Å². The molecule has 1 saturated heterocycles. The monoisotopic (exact) mass is 435 g/mol. The summed E-state index contributed by atoms with van der Waals surface area (Å²) in [4.78, 5) is 32.9. The van der Waals surface area contributed by atoms with Crippen LogP contribution in [0.4, 0.5) is 23.0 Å². The second kappa shape index (κ2) is 8.30. The second-order valence-electron chi connectivity index (χ2n) is 6.07. The van der Waals surface area contributed by atoms with E-state index in [1.807, 2.05) is 17.0 Å². The van der Waals surface area contributed by atoms with Crippen molar-refractivity contribution in [2.24, 2.45) is 5.92 Å². The number of methoxy groups -OCH3 is 1. The summed E-state index contributed by atoms with van der Waals surface area (Å²) in [5.74, 6) is -0.0581. The van der Waals surface area contributed by atoms with Gasteiger partial charge in [-0.2, -0.15) is 0 Å². The lowest BCUT2D eigenvalue weighted by atomic mass is 9.97. The predicted molar refractivity (Wildman–Crippen MR) is 103 cm³/mol. The van der Waals surface area contributed by atoms with Crippen molar-refractivity contribution in [2.45, 2.75) is 12.8 Å². The molecule has 0 amide bonds. The van der Waals surface area contributed by atoms with E-state index in [1.165, 1.54) is 13.4 Å². The molecule has 1 aliphatic heterocycles. The molecule has 0 bridgehead atoms. The lowest BCUT2D eigenvalue weighted by molar-refractivity contribution is -0.383. The number of carbonyl (C=O) groups is 1. The van der Waals surface area contributed by atoms with Crippen LogP contribution in [0.5, 0.6) is 0 Å². The first-order chi connectivity index (χ1) is 13.0. The largest absolute Gasteiger partial charge is 0.469 e. The molecule has 0 saturated carbocycles. The van der Waals surface area contributed by atoms with Crippen molar-refractivity contribution in [2.75, 3.05) is 30.4 Å². The van der Waals surface area contributed by atoms with Crippen LogP contribution in [0.3, 0.4) is 0 Å². The van der Waals surface area contributed by atoms with Crippen LogP contribution >= 0.6 is 15.9 Å². The molecular weight excluding hydrogens is 418 g/mol. The average Bonchev–Trinajstić information content (AvgIpc) is 2.69. The Morgan fingerprint density at radius 1 is 1.30 bits per heavy atom. The lowest BCUT2D eigenvalue weighted by Crippen LogP contribution is -2.37. The van der Waals surface area contributed by atoms with Gasteiger partial charge in [0.15, 0.2) is 0 Å². The molecule has 1 aromatic heterocycles. The summed E-state index contributed by atoms with van der Waals surface area (Å²) in [6.45, 7) is 0.963. The topological polar surface area (TPSA) is 110 Å². The fourth-order valence-corrected chi connectivity index (χ4v) is 3.29. The SMILES string of the molecule is COC(=O)C1CCN(c2ncnc(Nc3ccc(Br)cc3)c2[N+](=O)[O-])CC1. The second-order valence-corrected chi connectivity index (χ2v) is 6.98. The molecule has 0 unspecified atom stereocenters. The molecule has 142 valence electrons. The number of hydrogen-bond acceptors (Lipinski definition) is 8. The molecule has 1 aromatic carbocycles. The Bertz CT molecular complexity index is 838. The quantitative estimate of drug-likeness (QED) is 0.432. The zero-order valence-electron chi connectivity index (χ0n) is 14.6. The van der Waals surface area contributed by atoms with Gasteiger partial charge in [-0.3, -0.25) is 14.9 Å². The van der Waals surface area contributed by atoms with E-state index >= 15 is 0 Å². The molecule has 2 heterocycles. The molecule has 0 aliphatic carbocycles. The van der Waals surface area contributed by atoms with Gasteiger partial charge >= 0.3 is 11.7 Å². The smallest absolute Gasteiger partial charge is 0.353 e. The fourth-order valence-electron chi connectivity index (χ4n) is 3.02. The Hall–Kier alpha value is -2.75. The number of aromatic nitrogens is 2. The minimum atomic E-state index is -0.483. The number of rotatable bonds is 5. The van der Waals surface area contributed by atoms with Crippen LogP contribution in [-0.2, 0) is 9.53 Å². The molecule has 0 atom stereocenters.